The Kier molecular flexibility index (Phi) is 5.71. The van der Waals surface area contributed by atoms with E-state index in [4.69, 9.17) is 4.74 Å². The number of amides is 1. The summed E-state index contributed by atoms with van der Waals surface area (Å²) in [6.45, 7) is 10.8. The summed E-state index contributed by atoms with van der Waals surface area (Å²) in [5, 5.41) is 0. The lowest BCUT2D eigenvalue weighted by Gasteiger charge is -2.41. The van der Waals surface area contributed by atoms with E-state index in [1.807, 2.05) is 0 Å². The molecule has 0 aromatic heterocycles. The average molecular weight is 309 g/mol. The van der Waals surface area contributed by atoms with E-state index >= 15 is 0 Å². The molecule has 5 nitrogen and oxygen atoms in total. The van der Waals surface area contributed by atoms with Gasteiger partial charge in [-0.1, -0.05) is 0 Å². The van der Waals surface area contributed by atoms with Crippen LogP contribution >= 0.6 is 0 Å². The number of nitrogens with zero attached hydrogens (tertiary/aromatic N) is 3. The Hall–Kier alpha value is -0.650. The highest BCUT2D eigenvalue weighted by Gasteiger charge is 2.29. The topological polar surface area (TPSA) is 36.0 Å². The highest BCUT2D eigenvalue weighted by atomic mass is 16.5. The predicted octanol–water partition coefficient (Wildman–Crippen LogP) is 1.18. The summed E-state index contributed by atoms with van der Waals surface area (Å²) in [7, 11) is 0. The monoisotopic (exact) mass is 309 g/mol. The fourth-order valence-corrected chi connectivity index (χ4v) is 4.04. The van der Waals surface area contributed by atoms with Crippen LogP contribution in [0.5, 0.6) is 0 Å². The lowest BCUT2D eigenvalue weighted by molar-refractivity contribution is -0.136. The van der Waals surface area contributed by atoms with Crippen molar-refractivity contribution in [2.75, 3.05) is 52.4 Å². The number of hydrogen-bond acceptors (Lipinski definition) is 4. The Labute approximate surface area is 134 Å². The lowest BCUT2D eigenvalue weighted by atomic mass is 9.99. The van der Waals surface area contributed by atoms with Gasteiger partial charge in [-0.3, -0.25) is 9.69 Å². The Morgan fingerprint density at radius 3 is 2.55 bits per heavy atom. The Balaban J connectivity index is 1.37. The molecule has 22 heavy (non-hydrogen) atoms. The molecule has 0 aromatic carbocycles. The number of carbonyl (C=O) groups excluding carboxylic acids is 1. The van der Waals surface area contributed by atoms with Gasteiger partial charge in [-0.2, -0.15) is 0 Å². The number of piperidine rings is 2. The van der Waals surface area contributed by atoms with E-state index in [0.717, 1.165) is 78.1 Å². The number of carbonyl (C=O) groups is 1. The first-order valence-electron chi connectivity index (χ1n) is 9.08. The summed E-state index contributed by atoms with van der Waals surface area (Å²) in [5.41, 5.74) is 0. The van der Waals surface area contributed by atoms with Crippen LogP contribution < -0.4 is 0 Å². The first-order valence-corrected chi connectivity index (χ1v) is 9.08. The van der Waals surface area contributed by atoms with Crippen molar-refractivity contribution in [3.05, 3.63) is 0 Å². The van der Waals surface area contributed by atoms with Crippen LogP contribution in [0.2, 0.25) is 0 Å². The third-order valence-electron chi connectivity index (χ3n) is 5.42. The van der Waals surface area contributed by atoms with Gasteiger partial charge in [0.05, 0.1) is 12.7 Å². The van der Waals surface area contributed by atoms with Crippen LogP contribution in [0.4, 0.5) is 0 Å². The highest BCUT2D eigenvalue weighted by molar-refractivity contribution is 5.77. The third-order valence-corrected chi connectivity index (χ3v) is 5.42. The van der Waals surface area contributed by atoms with Gasteiger partial charge >= 0.3 is 0 Å². The summed E-state index contributed by atoms with van der Waals surface area (Å²) < 4.78 is 5.60. The van der Waals surface area contributed by atoms with Crippen molar-refractivity contribution < 1.29 is 9.53 Å². The molecule has 3 rings (SSSR count). The van der Waals surface area contributed by atoms with Crippen LogP contribution in [-0.4, -0.2) is 85.2 Å². The largest absolute Gasteiger partial charge is 0.376 e. The van der Waals surface area contributed by atoms with E-state index in [9.17, 15) is 4.79 Å². The van der Waals surface area contributed by atoms with E-state index < -0.39 is 0 Å². The van der Waals surface area contributed by atoms with Crippen molar-refractivity contribution in [3.8, 4) is 0 Å². The highest BCUT2D eigenvalue weighted by Crippen LogP contribution is 2.21. The van der Waals surface area contributed by atoms with Crippen LogP contribution in [0.25, 0.3) is 0 Å². The molecule has 126 valence electrons. The van der Waals surface area contributed by atoms with Crippen LogP contribution in [0.1, 0.15) is 39.0 Å². The standard InChI is InChI=1S/C17H31N3O2/c1-15-14-19(12-13-22-15)11-10-18-8-5-16(6-9-18)20-7-3-2-4-17(20)21/h15-16H,2-14H2,1H3/t15-/m1/s1. The summed E-state index contributed by atoms with van der Waals surface area (Å²) in [6, 6.07) is 0.507. The molecule has 3 aliphatic rings. The fraction of sp³-hybridized carbons (Fsp3) is 0.941. The molecular weight excluding hydrogens is 278 g/mol. The molecule has 3 heterocycles. The van der Waals surface area contributed by atoms with E-state index in [1.54, 1.807) is 0 Å². The lowest BCUT2D eigenvalue weighted by Crippen LogP contribution is -2.50. The van der Waals surface area contributed by atoms with E-state index in [0.29, 0.717) is 18.1 Å². The molecule has 3 aliphatic heterocycles. The Bertz CT molecular complexity index is 369. The van der Waals surface area contributed by atoms with E-state index in [1.165, 1.54) is 6.42 Å². The van der Waals surface area contributed by atoms with E-state index in [-0.39, 0.29) is 0 Å². The van der Waals surface area contributed by atoms with Gasteiger partial charge < -0.3 is 14.5 Å². The number of rotatable bonds is 4. The number of hydrogen-bond donors (Lipinski definition) is 0. The molecule has 0 N–H and O–H groups in total. The maximum Gasteiger partial charge on any atom is 0.222 e. The maximum atomic E-state index is 12.0. The van der Waals surface area contributed by atoms with Gasteiger partial charge in [0.25, 0.3) is 0 Å². The molecule has 3 fully saturated rings. The van der Waals surface area contributed by atoms with Crippen LogP contribution in [0.15, 0.2) is 0 Å². The van der Waals surface area contributed by atoms with Crippen molar-refractivity contribution in [2.45, 2.75) is 51.2 Å². The second-order valence-corrected chi connectivity index (χ2v) is 7.10. The molecule has 1 amide bonds. The van der Waals surface area contributed by atoms with Gasteiger partial charge in [0.2, 0.25) is 5.91 Å². The summed E-state index contributed by atoms with van der Waals surface area (Å²) in [5.74, 6) is 0.395. The van der Waals surface area contributed by atoms with Crippen LogP contribution in [0.3, 0.4) is 0 Å². The quantitative estimate of drug-likeness (QED) is 0.781. The smallest absolute Gasteiger partial charge is 0.222 e. The molecule has 0 bridgehead atoms. The zero-order valence-electron chi connectivity index (χ0n) is 14.0. The molecule has 0 aliphatic carbocycles. The fourth-order valence-electron chi connectivity index (χ4n) is 4.04. The average Bonchev–Trinajstić information content (AvgIpc) is 2.54. The summed E-state index contributed by atoms with van der Waals surface area (Å²) >= 11 is 0. The zero-order chi connectivity index (χ0) is 15.4. The molecule has 0 spiro atoms. The molecule has 0 radical (unpaired) electrons. The summed E-state index contributed by atoms with van der Waals surface area (Å²) in [4.78, 5) is 19.3. The summed E-state index contributed by atoms with van der Waals surface area (Å²) in [6.07, 6.45) is 5.75. The SMILES string of the molecule is C[C@@H]1CN(CCN2CCC(N3CCCCC3=O)CC2)CCO1. The molecular formula is C17H31N3O2. The third kappa shape index (κ3) is 4.21. The van der Waals surface area contributed by atoms with Crippen molar-refractivity contribution in [3.63, 3.8) is 0 Å². The maximum absolute atomic E-state index is 12.0. The van der Waals surface area contributed by atoms with Crippen molar-refractivity contribution in [2.24, 2.45) is 0 Å². The van der Waals surface area contributed by atoms with Gasteiger partial charge in [0, 0.05) is 58.3 Å². The van der Waals surface area contributed by atoms with Crippen molar-refractivity contribution in [1.29, 1.82) is 0 Å². The van der Waals surface area contributed by atoms with Crippen molar-refractivity contribution >= 4 is 5.91 Å². The second kappa shape index (κ2) is 7.75. The van der Waals surface area contributed by atoms with Gasteiger partial charge in [0.15, 0.2) is 0 Å². The number of likely N-dealkylation sites (tertiary alicyclic amines) is 2. The Morgan fingerprint density at radius 1 is 1.05 bits per heavy atom. The first-order chi connectivity index (χ1) is 10.7. The van der Waals surface area contributed by atoms with Crippen LogP contribution in [0, 0.1) is 0 Å². The van der Waals surface area contributed by atoms with Gasteiger partial charge in [-0.25, -0.2) is 0 Å². The number of morpholine rings is 1. The molecule has 0 saturated carbocycles. The minimum Gasteiger partial charge on any atom is -0.376 e. The predicted molar refractivity (Wildman–Crippen MR) is 86.9 cm³/mol. The van der Waals surface area contributed by atoms with Gasteiger partial charge in [-0.15, -0.1) is 0 Å². The molecule has 1 atom stereocenters. The number of ether oxygens (including phenoxy) is 1. The van der Waals surface area contributed by atoms with Crippen molar-refractivity contribution in [1.82, 2.24) is 14.7 Å². The normalized spacial score (nSPS) is 30.0. The molecule has 0 aromatic rings. The minimum absolute atomic E-state index is 0.379. The van der Waals surface area contributed by atoms with Crippen LogP contribution in [-0.2, 0) is 9.53 Å². The first kappa shape index (κ1) is 16.2. The van der Waals surface area contributed by atoms with E-state index in [2.05, 4.69) is 21.6 Å². The van der Waals surface area contributed by atoms with Gasteiger partial charge in [-0.05, 0) is 32.6 Å². The second-order valence-electron chi connectivity index (χ2n) is 7.10. The minimum atomic E-state index is 0.379. The Morgan fingerprint density at radius 2 is 1.82 bits per heavy atom. The zero-order valence-corrected chi connectivity index (χ0v) is 14.0. The molecule has 5 heteroatoms. The van der Waals surface area contributed by atoms with Gasteiger partial charge in [0.1, 0.15) is 0 Å². The molecule has 3 saturated heterocycles. The molecule has 0 unspecified atom stereocenters.